The summed E-state index contributed by atoms with van der Waals surface area (Å²) in [5, 5.41) is 3.89. The second kappa shape index (κ2) is 6.22. The molecule has 2 rings (SSSR count). The maximum atomic E-state index is 5.98. The number of ether oxygens (including phenoxy) is 1. The van der Waals surface area contributed by atoms with Crippen molar-refractivity contribution in [3.8, 4) is 5.69 Å². The fourth-order valence-corrected chi connectivity index (χ4v) is 2.03. The molecular weight excluding hydrogens is 318 g/mol. The highest BCUT2D eigenvalue weighted by Crippen LogP contribution is 2.26. The minimum Gasteiger partial charge on any atom is -0.383 e. The van der Waals surface area contributed by atoms with Crippen LogP contribution in [-0.4, -0.2) is 29.8 Å². The van der Waals surface area contributed by atoms with Crippen molar-refractivity contribution in [3.05, 3.63) is 40.1 Å². The molecule has 18 heavy (non-hydrogen) atoms. The maximum absolute atomic E-state index is 5.98. The summed E-state index contributed by atoms with van der Waals surface area (Å²) in [6.07, 6.45) is 3.64. The normalized spacial score (nSPS) is 10.6. The van der Waals surface area contributed by atoms with Gasteiger partial charge in [0, 0.05) is 36.2 Å². The number of hydrogen-bond donors (Lipinski definition) is 1. The molecule has 0 unspecified atom stereocenters. The Hall–Kier alpha value is -1.04. The fourth-order valence-electron chi connectivity index (χ4n) is 1.54. The largest absolute Gasteiger partial charge is 0.383 e. The van der Waals surface area contributed by atoms with Crippen molar-refractivity contribution in [2.75, 3.05) is 25.6 Å². The van der Waals surface area contributed by atoms with Gasteiger partial charge in [0.05, 0.1) is 11.6 Å². The quantitative estimate of drug-likeness (QED) is 0.855. The van der Waals surface area contributed by atoms with Crippen LogP contribution < -0.4 is 5.32 Å². The maximum Gasteiger partial charge on any atom is 0.207 e. The van der Waals surface area contributed by atoms with Crippen LogP contribution in [0.3, 0.4) is 0 Å². The fraction of sp³-hybridized carbons (Fsp3) is 0.250. The summed E-state index contributed by atoms with van der Waals surface area (Å²) in [4.78, 5) is 4.26. The molecule has 0 amide bonds. The molecule has 2 aromatic rings. The first-order valence-corrected chi connectivity index (χ1v) is 6.61. The van der Waals surface area contributed by atoms with Crippen molar-refractivity contribution < 1.29 is 4.74 Å². The van der Waals surface area contributed by atoms with E-state index in [1.54, 1.807) is 13.3 Å². The lowest BCUT2D eigenvalue weighted by Gasteiger charge is -2.10. The summed E-state index contributed by atoms with van der Waals surface area (Å²) in [6, 6.07) is 5.74. The third-order valence-electron chi connectivity index (χ3n) is 2.41. The van der Waals surface area contributed by atoms with Crippen molar-refractivity contribution in [1.29, 1.82) is 0 Å². The molecule has 0 saturated carbocycles. The first-order chi connectivity index (χ1) is 8.72. The molecule has 0 saturated heterocycles. The molecule has 0 radical (unpaired) electrons. The van der Waals surface area contributed by atoms with E-state index in [2.05, 4.69) is 26.2 Å². The van der Waals surface area contributed by atoms with Gasteiger partial charge in [-0.2, -0.15) is 0 Å². The van der Waals surface area contributed by atoms with Gasteiger partial charge < -0.3 is 10.1 Å². The van der Waals surface area contributed by atoms with E-state index >= 15 is 0 Å². The van der Waals surface area contributed by atoms with Crippen molar-refractivity contribution in [3.63, 3.8) is 0 Å². The number of rotatable bonds is 5. The molecule has 0 bridgehead atoms. The highest BCUT2D eigenvalue weighted by molar-refractivity contribution is 9.10. The van der Waals surface area contributed by atoms with Crippen LogP contribution in [0.25, 0.3) is 5.69 Å². The molecule has 1 N–H and O–H groups in total. The molecule has 0 aliphatic rings. The summed E-state index contributed by atoms with van der Waals surface area (Å²) in [5.74, 6) is 0.779. The lowest BCUT2D eigenvalue weighted by atomic mass is 10.3. The first-order valence-electron chi connectivity index (χ1n) is 5.44. The van der Waals surface area contributed by atoms with E-state index in [1.807, 2.05) is 29.0 Å². The lowest BCUT2D eigenvalue weighted by Crippen LogP contribution is -2.11. The van der Waals surface area contributed by atoms with Gasteiger partial charge in [0.2, 0.25) is 5.95 Å². The molecular formula is C12H13BrClN3O. The number of aromatic nitrogens is 2. The zero-order chi connectivity index (χ0) is 13.0. The van der Waals surface area contributed by atoms with Crippen molar-refractivity contribution in [2.45, 2.75) is 0 Å². The topological polar surface area (TPSA) is 39.1 Å². The number of nitrogens with one attached hydrogen (secondary N) is 1. The second-order valence-electron chi connectivity index (χ2n) is 3.64. The van der Waals surface area contributed by atoms with Crippen LogP contribution in [0.4, 0.5) is 5.95 Å². The Balaban J connectivity index is 2.22. The van der Waals surface area contributed by atoms with Crippen LogP contribution in [0.15, 0.2) is 35.1 Å². The summed E-state index contributed by atoms with van der Waals surface area (Å²) in [5.41, 5.74) is 0.990. The molecule has 0 fully saturated rings. The van der Waals surface area contributed by atoms with E-state index in [-0.39, 0.29) is 0 Å². The predicted octanol–water partition coefficient (Wildman–Crippen LogP) is 3.35. The summed E-state index contributed by atoms with van der Waals surface area (Å²) in [6.45, 7) is 1.35. The molecule has 0 aliphatic heterocycles. The number of benzene rings is 1. The lowest BCUT2D eigenvalue weighted by molar-refractivity contribution is 0.210. The van der Waals surface area contributed by atoms with Crippen LogP contribution in [0.1, 0.15) is 0 Å². The van der Waals surface area contributed by atoms with Crippen LogP contribution in [0.2, 0.25) is 5.02 Å². The van der Waals surface area contributed by atoms with E-state index in [1.165, 1.54) is 0 Å². The van der Waals surface area contributed by atoms with Gasteiger partial charge >= 0.3 is 0 Å². The highest BCUT2D eigenvalue weighted by atomic mass is 79.9. The van der Waals surface area contributed by atoms with E-state index < -0.39 is 0 Å². The monoisotopic (exact) mass is 329 g/mol. The third-order valence-corrected chi connectivity index (χ3v) is 3.63. The number of nitrogens with zero attached hydrogens (tertiary/aromatic N) is 2. The Morgan fingerprint density at radius 3 is 3.06 bits per heavy atom. The number of imidazole rings is 1. The number of hydrogen-bond acceptors (Lipinski definition) is 3. The van der Waals surface area contributed by atoms with Gasteiger partial charge in [0.25, 0.3) is 0 Å². The van der Waals surface area contributed by atoms with Gasteiger partial charge in [-0.05, 0) is 34.1 Å². The molecule has 1 heterocycles. The van der Waals surface area contributed by atoms with Crippen LogP contribution >= 0.6 is 27.5 Å². The Morgan fingerprint density at radius 2 is 2.33 bits per heavy atom. The molecule has 4 nitrogen and oxygen atoms in total. The Morgan fingerprint density at radius 1 is 1.50 bits per heavy atom. The second-order valence-corrected chi connectivity index (χ2v) is 4.90. The van der Waals surface area contributed by atoms with Crippen LogP contribution in [0, 0.1) is 0 Å². The minimum atomic E-state index is 0.636. The number of anilines is 1. The summed E-state index contributed by atoms with van der Waals surface area (Å²) < 4.78 is 7.81. The van der Waals surface area contributed by atoms with E-state index in [9.17, 15) is 0 Å². The molecule has 0 aliphatic carbocycles. The standard InChI is InChI=1S/C12H13BrClN3O/c1-18-7-5-16-12-15-4-6-17(12)9-2-3-11(14)10(13)8-9/h2-4,6,8H,5,7H2,1H3,(H,15,16). The Kier molecular flexibility index (Phi) is 4.63. The van der Waals surface area contributed by atoms with Gasteiger partial charge in [-0.25, -0.2) is 4.98 Å². The molecule has 96 valence electrons. The van der Waals surface area contributed by atoms with Crippen molar-refractivity contribution >= 4 is 33.5 Å². The van der Waals surface area contributed by atoms with Gasteiger partial charge in [-0.1, -0.05) is 11.6 Å². The Labute approximate surface area is 119 Å². The molecule has 6 heteroatoms. The van der Waals surface area contributed by atoms with Crippen LogP contribution in [-0.2, 0) is 4.74 Å². The number of methoxy groups -OCH3 is 1. The van der Waals surface area contributed by atoms with E-state index in [0.29, 0.717) is 18.2 Å². The predicted molar refractivity (Wildman–Crippen MR) is 76.6 cm³/mol. The average Bonchev–Trinajstić information content (AvgIpc) is 2.81. The summed E-state index contributed by atoms with van der Waals surface area (Å²) in [7, 11) is 1.67. The van der Waals surface area contributed by atoms with Gasteiger partial charge in [0.1, 0.15) is 0 Å². The first kappa shape index (κ1) is 13.4. The molecule has 0 spiro atoms. The van der Waals surface area contributed by atoms with Gasteiger partial charge in [-0.3, -0.25) is 4.57 Å². The average molecular weight is 331 g/mol. The van der Waals surface area contributed by atoms with Crippen LogP contribution in [0.5, 0.6) is 0 Å². The van der Waals surface area contributed by atoms with Gasteiger partial charge in [-0.15, -0.1) is 0 Å². The smallest absolute Gasteiger partial charge is 0.207 e. The zero-order valence-electron chi connectivity index (χ0n) is 9.86. The van der Waals surface area contributed by atoms with E-state index in [4.69, 9.17) is 16.3 Å². The molecule has 0 atom stereocenters. The van der Waals surface area contributed by atoms with Crippen molar-refractivity contribution in [2.24, 2.45) is 0 Å². The highest BCUT2D eigenvalue weighted by Gasteiger charge is 2.06. The molecule has 1 aromatic carbocycles. The van der Waals surface area contributed by atoms with Gasteiger partial charge in [0.15, 0.2) is 0 Å². The van der Waals surface area contributed by atoms with E-state index in [0.717, 1.165) is 16.1 Å². The molecule has 1 aromatic heterocycles. The summed E-state index contributed by atoms with van der Waals surface area (Å²) >= 11 is 9.39. The third kappa shape index (κ3) is 3.04. The van der Waals surface area contributed by atoms with Crippen molar-refractivity contribution in [1.82, 2.24) is 9.55 Å². The minimum absolute atomic E-state index is 0.636. The SMILES string of the molecule is COCCNc1nccn1-c1ccc(Cl)c(Br)c1. The zero-order valence-corrected chi connectivity index (χ0v) is 12.2. The number of halogens is 2. The Bertz CT molecular complexity index is 530.